The fourth-order valence-corrected chi connectivity index (χ4v) is 1.70. The number of carboxylic acid groups (broad SMARTS) is 1. The molecule has 0 aromatic heterocycles. The molecule has 5 nitrogen and oxygen atoms in total. The van der Waals surface area contributed by atoms with E-state index in [0.717, 1.165) is 0 Å². The van der Waals surface area contributed by atoms with Gasteiger partial charge < -0.3 is 14.9 Å². The molecule has 0 aromatic carbocycles. The maximum atomic E-state index is 11.0. The Morgan fingerprint density at radius 1 is 1.43 bits per heavy atom. The number of ether oxygens (including phenoxy) is 1. The Kier molecular flexibility index (Phi) is 3.01. The van der Waals surface area contributed by atoms with E-state index in [-0.39, 0.29) is 13.2 Å². The number of hydrogen-bond acceptors (Lipinski definition) is 3. The molecule has 5 heteroatoms. The molecule has 0 aliphatic carbocycles. The quantitative estimate of drug-likeness (QED) is 0.652. The van der Waals surface area contributed by atoms with Crippen LogP contribution in [0, 0.1) is 0 Å². The Labute approximate surface area is 83.3 Å². The molecular formula is C9H17NO4. The number of aliphatic hydroxyl groups is 1. The van der Waals surface area contributed by atoms with Crippen LogP contribution < -0.4 is 0 Å². The Balaban J connectivity index is 2.83. The number of aliphatic hydroxyl groups excluding tert-OH is 1. The highest BCUT2D eigenvalue weighted by atomic mass is 16.5. The number of rotatable bonds is 1. The van der Waals surface area contributed by atoms with Crippen molar-refractivity contribution < 1.29 is 19.7 Å². The maximum absolute atomic E-state index is 11.0. The molecule has 1 aliphatic rings. The molecule has 0 saturated carbocycles. The third-order valence-corrected chi connectivity index (χ3v) is 2.28. The van der Waals surface area contributed by atoms with Crippen LogP contribution in [0.4, 0.5) is 4.79 Å². The minimum Gasteiger partial charge on any atom is -0.465 e. The lowest BCUT2D eigenvalue weighted by Crippen LogP contribution is -2.55. The number of hydrogen-bond donors (Lipinski definition) is 2. The van der Waals surface area contributed by atoms with Crippen molar-refractivity contribution in [1.82, 2.24) is 4.90 Å². The standard InChI is InChI=1S/C9H17NO4/c1-9(2,3)10(8(12)13)6-4-14-5-7(6)11/h6-7,11H,4-5H2,1-3H3,(H,12,13)/t6-,7-/m0/s1. The Hall–Kier alpha value is -0.810. The van der Waals surface area contributed by atoms with Gasteiger partial charge in [-0.05, 0) is 20.8 Å². The summed E-state index contributed by atoms with van der Waals surface area (Å²) in [6, 6.07) is -0.451. The molecule has 1 amide bonds. The number of nitrogens with zero attached hydrogens (tertiary/aromatic N) is 1. The molecule has 14 heavy (non-hydrogen) atoms. The molecule has 2 N–H and O–H groups in total. The van der Waals surface area contributed by atoms with Gasteiger partial charge in [0.25, 0.3) is 0 Å². The van der Waals surface area contributed by atoms with Gasteiger partial charge >= 0.3 is 6.09 Å². The van der Waals surface area contributed by atoms with Crippen LogP contribution in [-0.4, -0.2) is 52.1 Å². The van der Waals surface area contributed by atoms with Crippen LogP contribution in [0.25, 0.3) is 0 Å². The van der Waals surface area contributed by atoms with Crippen LogP contribution >= 0.6 is 0 Å². The van der Waals surface area contributed by atoms with Gasteiger partial charge in [-0.25, -0.2) is 4.79 Å². The lowest BCUT2D eigenvalue weighted by Gasteiger charge is -2.38. The summed E-state index contributed by atoms with van der Waals surface area (Å²) >= 11 is 0. The number of carbonyl (C=O) groups is 1. The van der Waals surface area contributed by atoms with Crippen molar-refractivity contribution in [2.24, 2.45) is 0 Å². The largest absolute Gasteiger partial charge is 0.465 e. The predicted molar refractivity (Wildman–Crippen MR) is 50.2 cm³/mol. The summed E-state index contributed by atoms with van der Waals surface area (Å²) in [5, 5.41) is 18.6. The van der Waals surface area contributed by atoms with E-state index in [1.807, 2.05) is 0 Å². The third kappa shape index (κ3) is 2.16. The average molecular weight is 203 g/mol. The molecule has 2 atom stereocenters. The molecule has 0 unspecified atom stereocenters. The third-order valence-electron chi connectivity index (χ3n) is 2.28. The lowest BCUT2D eigenvalue weighted by molar-refractivity contribution is 0.0295. The summed E-state index contributed by atoms with van der Waals surface area (Å²) in [5.74, 6) is 0. The lowest BCUT2D eigenvalue weighted by atomic mass is 10.0. The fourth-order valence-electron chi connectivity index (χ4n) is 1.70. The van der Waals surface area contributed by atoms with E-state index in [1.54, 1.807) is 20.8 Å². The minimum atomic E-state index is -1.02. The van der Waals surface area contributed by atoms with E-state index in [2.05, 4.69) is 0 Å². The summed E-state index contributed by atoms with van der Waals surface area (Å²) in [6.45, 7) is 5.87. The molecule has 0 radical (unpaired) electrons. The molecule has 1 aliphatic heterocycles. The Morgan fingerprint density at radius 3 is 2.29 bits per heavy atom. The summed E-state index contributed by atoms with van der Waals surface area (Å²) in [6.07, 6.45) is -1.74. The molecular weight excluding hydrogens is 186 g/mol. The van der Waals surface area contributed by atoms with E-state index >= 15 is 0 Å². The smallest absolute Gasteiger partial charge is 0.408 e. The first-order chi connectivity index (χ1) is 6.34. The van der Waals surface area contributed by atoms with E-state index in [4.69, 9.17) is 9.84 Å². The second kappa shape index (κ2) is 3.74. The van der Waals surface area contributed by atoms with Gasteiger partial charge in [-0.3, -0.25) is 4.90 Å². The predicted octanol–water partition coefficient (Wildman–Crippen LogP) is 0.525. The van der Waals surface area contributed by atoms with Crippen molar-refractivity contribution in [2.45, 2.75) is 38.5 Å². The van der Waals surface area contributed by atoms with Gasteiger partial charge in [-0.1, -0.05) is 0 Å². The highest BCUT2D eigenvalue weighted by Gasteiger charge is 2.40. The van der Waals surface area contributed by atoms with Crippen molar-refractivity contribution in [2.75, 3.05) is 13.2 Å². The van der Waals surface area contributed by atoms with Crippen LogP contribution in [0.1, 0.15) is 20.8 Å². The highest BCUT2D eigenvalue weighted by Crippen LogP contribution is 2.22. The van der Waals surface area contributed by atoms with Gasteiger partial charge in [-0.2, -0.15) is 0 Å². The SMILES string of the molecule is CC(C)(C)N(C(=O)O)[C@H]1COC[C@@H]1O. The topological polar surface area (TPSA) is 70.0 Å². The second-order valence-corrected chi connectivity index (χ2v) is 4.50. The molecule has 1 heterocycles. The fraction of sp³-hybridized carbons (Fsp3) is 0.889. The van der Waals surface area contributed by atoms with Crippen molar-refractivity contribution in [1.29, 1.82) is 0 Å². The van der Waals surface area contributed by atoms with E-state index in [9.17, 15) is 9.90 Å². The molecule has 0 spiro atoms. The highest BCUT2D eigenvalue weighted by molar-refractivity contribution is 5.66. The van der Waals surface area contributed by atoms with Gasteiger partial charge in [0.1, 0.15) is 6.10 Å². The van der Waals surface area contributed by atoms with E-state index in [0.29, 0.717) is 0 Å². The molecule has 1 rings (SSSR count). The average Bonchev–Trinajstić information content (AvgIpc) is 2.32. The first-order valence-corrected chi connectivity index (χ1v) is 4.62. The summed E-state index contributed by atoms with van der Waals surface area (Å²) < 4.78 is 5.04. The Morgan fingerprint density at radius 2 is 2.00 bits per heavy atom. The zero-order chi connectivity index (χ0) is 10.9. The summed E-state index contributed by atoms with van der Waals surface area (Å²) in [7, 11) is 0. The zero-order valence-corrected chi connectivity index (χ0v) is 8.73. The molecule has 82 valence electrons. The monoisotopic (exact) mass is 203 g/mol. The number of amides is 1. The summed E-state index contributed by atoms with van der Waals surface area (Å²) in [5.41, 5.74) is -0.523. The van der Waals surface area contributed by atoms with Crippen LogP contribution in [-0.2, 0) is 4.74 Å². The second-order valence-electron chi connectivity index (χ2n) is 4.50. The van der Waals surface area contributed by atoms with E-state index in [1.165, 1.54) is 4.90 Å². The van der Waals surface area contributed by atoms with Crippen LogP contribution in [0.3, 0.4) is 0 Å². The minimum absolute atomic E-state index is 0.213. The van der Waals surface area contributed by atoms with E-state index < -0.39 is 23.8 Å². The molecule has 0 aromatic rings. The van der Waals surface area contributed by atoms with Crippen molar-refractivity contribution in [3.05, 3.63) is 0 Å². The zero-order valence-electron chi connectivity index (χ0n) is 8.73. The van der Waals surface area contributed by atoms with Gasteiger partial charge in [0.2, 0.25) is 0 Å². The van der Waals surface area contributed by atoms with Crippen molar-refractivity contribution in [3.63, 3.8) is 0 Å². The Bertz CT molecular complexity index is 223. The molecule has 1 saturated heterocycles. The van der Waals surface area contributed by atoms with Crippen molar-refractivity contribution >= 4 is 6.09 Å². The van der Waals surface area contributed by atoms with Gasteiger partial charge in [0, 0.05) is 5.54 Å². The first-order valence-electron chi connectivity index (χ1n) is 4.62. The van der Waals surface area contributed by atoms with Gasteiger partial charge in [0.15, 0.2) is 0 Å². The van der Waals surface area contributed by atoms with Crippen LogP contribution in [0.2, 0.25) is 0 Å². The molecule has 1 fully saturated rings. The summed E-state index contributed by atoms with van der Waals surface area (Å²) in [4.78, 5) is 12.3. The van der Waals surface area contributed by atoms with Crippen LogP contribution in [0.5, 0.6) is 0 Å². The van der Waals surface area contributed by atoms with Crippen LogP contribution in [0.15, 0.2) is 0 Å². The normalized spacial score (nSPS) is 27.7. The molecule has 0 bridgehead atoms. The van der Waals surface area contributed by atoms with Gasteiger partial charge in [0.05, 0.1) is 19.3 Å². The van der Waals surface area contributed by atoms with Crippen molar-refractivity contribution in [3.8, 4) is 0 Å². The van der Waals surface area contributed by atoms with Gasteiger partial charge in [-0.15, -0.1) is 0 Å². The maximum Gasteiger partial charge on any atom is 0.408 e. The first kappa shape index (κ1) is 11.3.